The number of hydrogen-bond donors (Lipinski definition) is 0. The lowest BCUT2D eigenvalue weighted by molar-refractivity contribution is 0.795. The number of allylic oxidation sites excluding steroid dienone is 4. The first-order valence-corrected chi connectivity index (χ1v) is 14.1. The van der Waals surface area contributed by atoms with Gasteiger partial charge in [0.1, 0.15) is 9.52 Å². The van der Waals surface area contributed by atoms with Gasteiger partial charge in [0.05, 0.1) is 0 Å². The zero-order valence-electron chi connectivity index (χ0n) is 21.4. The lowest BCUT2D eigenvalue weighted by atomic mass is 9.92. The molecule has 0 aromatic heterocycles. The maximum atomic E-state index is 2.39. The second kappa shape index (κ2) is 11.7. The van der Waals surface area contributed by atoms with Crippen molar-refractivity contribution < 1.29 is 0 Å². The molecule has 2 radical (unpaired) electrons. The average molecular weight is 463 g/mol. The van der Waals surface area contributed by atoms with Crippen molar-refractivity contribution in [1.82, 2.24) is 0 Å². The Kier molecular flexibility index (Phi) is 8.40. The van der Waals surface area contributed by atoms with E-state index < -0.39 is 0 Å². The Labute approximate surface area is 209 Å². The first kappa shape index (κ1) is 24.5. The van der Waals surface area contributed by atoms with Gasteiger partial charge in [0.2, 0.25) is 0 Å². The van der Waals surface area contributed by atoms with E-state index in [1.165, 1.54) is 88.2 Å². The maximum absolute atomic E-state index is 2.39. The monoisotopic (exact) mass is 462 g/mol. The molecule has 0 bridgehead atoms. The quantitative estimate of drug-likeness (QED) is 0.264. The van der Waals surface area contributed by atoms with E-state index in [2.05, 4.69) is 101 Å². The summed E-state index contributed by atoms with van der Waals surface area (Å²) >= 11 is 0. The van der Waals surface area contributed by atoms with Crippen LogP contribution < -0.4 is 5.19 Å². The van der Waals surface area contributed by atoms with Crippen LogP contribution in [0.2, 0.25) is 0 Å². The Balaban J connectivity index is 1.75. The number of rotatable bonds is 10. The van der Waals surface area contributed by atoms with Crippen LogP contribution in [0.15, 0.2) is 89.1 Å². The summed E-state index contributed by atoms with van der Waals surface area (Å²) in [5.41, 5.74) is 11.3. The van der Waals surface area contributed by atoms with Crippen LogP contribution in [-0.2, 0) is 12.8 Å². The Hall–Kier alpha value is -2.64. The molecule has 0 fully saturated rings. The molecule has 1 heteroatoms. The predicted octanol–water partition coefficient (Wildman–Crippen LogP) is 8.66. The molecule has 0 saturated carbocycles. The van der Waals surface area contributed by atoms with Crippen LogP contribution in [0.4, 0.5) is 0 Å². The normalized spacial score (nSPS) is 13.5. The van der Waals surface area contributed by atoms with E-state index in [1.807, 2.05) is 0 Å². The molecule has 0 atom stereocenters. The van der Waals surface area contributed by atoms with Crippen molar-refractivity contribution in [3.63, 3.8) is 0 Å². The number of aryl methyl sites for hydroxylation is 2. The molecule has 1 aliphatic rings. The fourth-order valence-electron chi connectivity index (χ4n) is 4.77. The molecular weight excluding hydrogens is 424 g/mol. The Morgan fingerprint density at radius 3 is 1.82 bits per heavy atom. The topological polar surface area (TPSA) is 0 Å². The van der Waals surface area contributed by atoms with Crippen LogP contribution in [0.5, 0.6) is 0 Å². The molecule has 0 unspecified atom stereocenters. The van der Waals surface area contributed by atoms with Crippen LogP contribution >= 0.6 is 0 Å². The van der Waals surface area contributed by atoms with Crippen molar-refractivity contribution in [2.24, 2.45) is 0 Å². The van der Waals surface area contributed by atoms with Crippen molar-refractivity contribution in [2.75, 3.05) is 0 Å². The molecule has 0 nitrogen and oxygen atoms in total. The van der Waals surface area contributed by atoms with E-state index in [-0.39, 0.29) is 0 Å². The van der Waals surface area contributed by atoms with E-state index in [1.54, 1.807) is 5.20 Å². The summed E-state index contributed by atoms with van der Waals surface area (Å²) in [5, 5.41) is 3.05. The summed E-state index contributed by atoms with van der Waals surface area (Å²) < 4.78 is 0. The molecule has 4 rings (SSSR count). The Morgan fingerprint density at radius 1 is 0.706 bits per heavy atom. The van der Waals surface area contributed by atoms with Crippen molar-refractivity contribution in [3.8, 4) is 22.3 Å². The fraction of sp³-hybridized carbons (Fsp3) is 0.333. The van der Waals surface area contributed by atoms with Crippen LogP contribution in [0, 0.1) is 0 Å². The van der Waals surface area contributed by atoms with E-state index in [0.29, 0.717) is 9.52 Å². The molecule has 0 amide bonds. The van der Waals surface area contributed by atoms with Crippen molar-refractivity contribution in [1.29, 1.82) is 0 Å². The third-order valence-electron chi connectivity index (χ3n) is 7.15. The van der Waals surface area contributed by atoms with Gasteiger partial charge >= 0.3 is 0 Å². The number of hydrogen-bond acceptors (Lipinski definition) is 0. The number of benzene rings is 3. The minimum absolute atomic E-state index is 0.713. The molecule has 0 N–H and O–H groups in total. The predicted molar refractivity (Wildman–Crippen MR) is 151 cm³/mol. The van der Waals surface area contributed by atoms with Crippen LogP contribution in [0.25, 0.3) is 22.3 Å². The SMILES string of the molecule is CCCCc1ccc(-c2cccc([Si]C3=C(C)C(C)=CC3)c2-c2ccc(CCCC)cc2)cc1. The second-order valence-electron chi connectivity index (χ2n) is 9.65. The standard InChI is InChI=1S/C33H38Si/c1-5-7-10-26-15-19-28(20-16-26)30-12-9-13-32(34-31-23-14-24(3)25(31)4)33(30)29-21-17-27(18-22-29)11-8-6-2/h9,12-22H,5-8,10-11,23H2,1-4H3. The zero-order chi connectivity index (χ0) is 23.9. The van der Waals surface area contributed by atoms with E-state index in [9.17, 15) is 0 Å². The first-order chi connectivity index (χ1) is 16.6. The van der Waals surface area contributed by atoms with E-state index in [4.69, 9.17) is 0 Å². The maximum Gasteiger partial charge on any atom is 0.117 e. The minimum Gasteiger partial charge on any atom is -0.0777 e. The summed E-state index contributed by atoms with van der Waals surface area (Å²) in [6.45, 7) is 9.07. The summed E-state index contributed by atoms with van der Waals surface area (Å²) in [4.78, 5) is 0. The Morgan fingerprint density at radius 2 is 1.29 bits per heavy atom. The lowest BCUT2D eigenvalue weighted by Crippen LogP contribution is -2.20. The van der Waals surface area contributed by atoms with Crippen molar-refractivity contribution >= 4 is 14.7 Å². The highest BCUT2D eigenvalue weighted by Crippen LogP contribution is 2.33. The van der Waals surface area contributed by atoms with Gasteiger partial charge in [-0.15, -0.1) is 0 Å². The summed E-state index contributed by atoms with van der Waals surface area (Å²) in [5.74, 6) is 0. The van der Waals surface area contributed by atoms with Crippen LogP contribution in [0.3, 0.4) is 0 Å². The molecule has 0 spiro atoms. The lowest BCUT2D eigenvalue weighted by Gasteiger charge is -2.17. The summed E-state index contributed by atoms with van der Waals surface area (Å²) in [6.07, 6.45) is 10.8. The Bertz CT molecular complexity index is 1160. The smallest absolute Gasteiger partial charge is 0.0777 e. The highest BCUT2D eigenvalue weighted by atomic mass is 28.2. The minimum atomic E-state index is 0.713. The zero-order valence-corrected chi connectivity index (χ0v) is 22.4. The molecule has 3 aromatic carbocycles. The molecule has 0 heterocycles. The van der Waals surface area contributed by atoms with Gasteiger partial charge in [-0.1, -0.05) is 121 Å². The van der Waals surface area contributed by atoms with E-state index in [0.717, 1.165) is 6.42 Å². The van der Waals surface area contributed by atoms with Gasteiger partial charge in [-0.2, -0.15) is 0 Å². The summed E-state index contributed by atoms with van der Waals surface area (Å²) in [7, 11) is 0.713. The van der Waals surface area contributed by atoms with Gasteiger partial charge in [-0.3, -0.25) is 0 Å². The molecule has 3 aromatic rings. The third-order valence-corrected chi connectivity index (χ3v) is 8.72. The molecule has 174 valence electrons. The van der Waals surface area contributed by atoms with Gasteiger partial charge in [0, 0.05) is 0 Å². The molecule has 1 aliphatic carbocycles. The van der Waals surface area contributed by atoms with Crippen LogP contribution in [0.1, 0.15) is 70.9 Å². The fourth-order valence-corrected chi connectivity index (χ4v) is 6.26. The van der Waals surface area contributed by atoms with Gasteiger partial charge in [-0.05, 0) is 79.3 Å². The molecular formula is C33H38Si. The second-order valence-corrected chi connectivity index (χ2v) is 11.0. The summed E-state index contributed by atoms with van der Waals surface area (Å²) in [6, 6.07) is 25.6. The molecule has 0 aliphatic heterocycles. The average Bonchev–Trinajstić information content (AvgIpc) is 3.19. The van der Waals surface area contributed by atoms with Crippen molar-refractivity contribution in [3.05, 3.63) is 100 Å². The molecule has 0 saturated heterocycles. The highest BCUT2D eigenvalue weighted by molar-refractivity contribution is 6.63. The first-order valence-electron chi connectivity index (χ1n) is 13.1. The highest BCUT2D eigenvalue weighted by Gasteiger charge is 2.18. The van der Waals surface area contributed by atoms with E-state index >= 15 is 0 Å². The van der Waals surface area contributed by atoms with Gasteiger partial charge in [0.25, 0.3) is 0 Å². The van der Waals surface area contributed by atoms with Crippen LogP contribution in [-0.4, -0.2) is 9.52 Å². The number of unbranched alkanes of at least 4 members (excludes halogenated alkanes) is 2. The van der Waals surface area contributed by atoms with Crippen molar-refractivity contribution in [2.45, 2.75) is 72.6 Å². The molecule has 34 heavy (non-hydrogen) atoms. The van der Waals surface area contributed by atoms with Gasteiger partial charge < -0.3 is 0 Å². The largest absolute Gasteiger partial charge is 0.117 e. The van der Waals surface area contributed by atoms with Gasteiger partial charge in [-0.25, -0.2) is 0 Å². The third kappa shape index (κ3) is 5.70. The van der Waals surface area contributed by atoms with Gasteiger partial charge in [0.15, 0.2) is 0 Å².